The quantitative estimate of drug-likeness (QED) is 0.0609. The van der Waals surface area contributed by atoms with Crippen molar-refractivity contribution < 1.29 is 51.6 Å². The van der Waals surface area contributed by atoms with Crippen molar-refractivity contribution in [2.75, 3.05) is 0 Å². The molecule has 0 saturated heterocycles. The van der Waals surface area contributed by atoms with E-state index in [0.717, 1.165) is 34.4 Å². The van der Waals surface area contributed by atoms with E-state index in [1.54, 1.807) is 78.9 Å². The normalized spacial score (nSPS) is 10.2. The molecule has 0 aromatic heterocycles. The van der Waals surface area contributed by atoms with E-state index in [-0.39, 0.29) is 36.7 Å². The number of esters is 2. The molecule has 0 bridgehead atoms. The van der Waals surface area contributed by atoms with Crippen LogP contribution in [-0.2, 0) is 16.2 Å². The van der Waals surface area contributed by atoms with Gasteiger partial charge in [-0.05, 0) is 106 Å². The molecular weight excluding hydrogens is 916 g/mol. The highest BCUT2D eigenvalue weighted by atomic mass is 79.9. The van der Waals surface area contributed by atoms with Gasteiger partial charge in [0.15, 0.2) is 0 Å². The first-order valence-electron chi connectivity index (χ1n) is 19.6. The summed E-state index contributed by atoms with van der Waals surface area (Å²) in [6.45, 7) is 6.73. The van der Waals surface area contributed by atoms with Gasteiger partial charge in [0.2, 0.25) is 0 Å². The molecule has 2 N–H and O–H groups in total. The second-order valence-corrected chi connectivity index (χ2v) is 14.5. The second kappa shape index (κ2) is 27.5. The molecule has 66 heavy (non-hydrogen) atoms. The second-order valence-electron chi connectivity index (χ2n) is 13.6. The van der Waals surface area contributed by atoms with Crippen LogP contribution in [0.3, 0.4) is 0 Å². The number of carbonyl (C=O) groups excluding carboxylic acids is 2. The van der Waals surface area contributed by atoms with Gasteiger partial charge in [-0.2, -0.15) is 0 Å². The molecule has 0 amide bonds. The SMILES string of the molecule is C.C=Cc1ccc(OC(C)=O)cc1.CC(=O)Oc1ccc(/C=C/c2cc(F)cc(OCc3ccccc3)c2)cc1.Fc1cc(F)cc(Br)c1.Oc1ccc(/C=C/c2cc(O)cc(F)c2)cc1. The monoisotopic (exact) mass is 962 g/mol. The topological polar surface area (TPSA) is 102 Å². The Morgan fingerprint density at radius 2 is 0.955 bits per heavy atom. The maximum Gasteiger partial charge on any atom is 0.308 e. The molecule has 0 heterocycles. The van der Waals surface area contributed by atoms with Gasteiger partial charge in [0, 0.05) is 36.5 Å². The molecule has 7 aromatic rings. The molecular formula is C54H47BrF4O7. The molecule has 0 spiro atoms. The summed E-state index contributed by atoms with van der Waals surface area (Å²) in [4.78, 5) is 21.5. The van der Waals surface area contributed by atoms with Gasteiger partial charge in [0.1, 0.15) is 58.6 Å². The summed E-state index contributed by atoms with van der Waals surface area (Å²) >= 11 is 2.93. The smallest absolute Gasteiger partial charge is 0.308 e. The summed E-state index contributed by atoms with van der Waals surface area (Å²) in [7, 11) is 0. The molecule has 0 radical (unpaired) electrons. The number of hydrogen-bond acceptors (Lipinski definition) is 7. The molecule has 7 aromatic carbocycles. The van der Waals surface area contributed by atoms with Crippen LogP contribution in [0.2, 0.25) is 0 Å². The van der Waals surface area contributed by atoms with Crippen LogP contribution in [0.1, 0.15) is 54.7 Å². The number of benzene rings is 7. The zero-order valence-corrected chi connectivity index (χ0v) is 36.7. The standard InChI is InChI=1S/C23H19FO3.C14H11FO2.C10H10O2.C6H3BrF2.CH4/c1-17(25)27-22-11-9-18(10-12-22)7-8-20-13-21(24)15-23(14-20)26-16-19-5-3-2-4-6-19;15-12-7-11(8-14(17)9-12)2-1-10-3-5-13(16)6-4-10;1-3-9-4-6-10(7-5-9)12-8(2)11;7-4-1-5(8)3-6(9)2-4;/h2-15H,16H2,1H3;1-9,16-17H;3-7H,1H2,2H3;1-3H;1H4/b8-7+;2-1+;;;. The molecule has 0 atom stereocenters. The Hall–Kier alpha value is -7.70. The van der Waals surface area contributed by atoms with Gasteiger partial charge >= 0.3 is 11.9 Å². The van der Waals surface area contributed by atoms with E-state index >= 15 is 0 Å². The fourth-order valence-corrected chi connectivity index (χ4v) is 5.78. The van der Waals surface area contributed by atoms with E-state index in [1.165, 1.54) is 50.2 Å². The molecule has 0 unspecified atom stereocenters. The van der Waals surface area contributed by atoms with Crippen LogP contribution < -0.4 is 14.2 Å². The van der Waals surface area contributed by atoms with Crippen LogP contribution in [0.5, 0.6) is 28.7 Å². The zero-order valence-electron chi connectivity index (χ0n) is 35.1. The maximum atomic E-state index is 13.9. The third-order valence-electron chi connectivity index (χ3n) is 8.22. The minimum Gasteiger partial charge on any atom is -0.508 e. The van der Waals surface area contributed by atoms with Crippen LogP contribution in [-0.4, -0.2) is 22.2 Å². The molecule has 12 heteroatoms. The number of carbonyl (C=O) groups is 2. The van der Waals surface area contributed by atoms with E-state index in [0.29, 0.717) is 39.5 Å². The first kappa shape index (κ1) is 52.6. The van der Waals surface area contributed by atoms with Gasteiger partial charge in [-0.15, -0.1) is 0 Å². The van der Waals surface area contributed by atoms with Crippen molar-refractivity contribution in [3.05, 3.63) is 225 Å². The molecule has 0 aliphatic rings. The Balaban J connectivity index is 0.000000253. The van der Waals surface area contributed by atoms with E-state index < -0.39 is 17.5 Å². The Morgan fingerprint density at radius 3 is 1.42 bits per heavy atom. The van der Waals surface area contributed by atoms with Crippen LogP contribution in [0.15, 0.2) is 169 Å². The van der Waals surface area contributed by atoms with Crippen molar-refractivity contribution in [2.45, 2.75) is 27.9 Å². The van der Waals surface area contributed by atoms with E-state index in [9.17, 15) is 32.3 Å². The number of phenolic OH excluding ortho intramolecular Hbond substituents is 2. The minimum atomic E-state index is -0.568. The average Bonchev–Trinajstić information content (AvgIpc) is 3.25. The van der Waals surface area contributed by atoms with Crippen molar-refractivity contribution in [1.29, 1.82) is 0 Å². The van der Waals surface area contributed by atoms with Crippen LogP contribution in [0.25, 0.3) is 30.4 Å². The number of rotatable bonds is 10. The van der Waals surface area contributed by atoms with Crippen molar-refractivity contribution >= 4 is 58.2 Å². The third kappa shape index (κ3) is 20.7. The highest BCUT2D eigenvalue weighted by Crippen LogP contribution is 2.22. The fraction of sp³-hybridized carbons (Fsp3) is 0.0741. The van der Waals surface area contributed by atoms with Crippen molar-refractivity contribution in [3.63, 3.8) is 0 Å². The summed E-state index contributed by atoms with van der Waals surface area (Å²) in [5, 5.41) is 18.3. The number of hydrogen-bond donors (Lipinski definition) is 2. The van der Waals surface area contributed by atoms with E-state index in [2.05, 4.69) is 22.5 Å². The van der Waals surface area contributed by atoms with Gasteiger partial charge in [0.25, 0.3) is 0 Å². The van der Waals surface area contributed by atoms with Gasteiger partial charge in [-0.25, -0.2) is 17.6 Å². The van der Waals surface area contributed by atoms with Crippen molar-refractivity contribution in [2.24, 2.45) is 0 Å². The number of halogens is 5. The zero-order chi connectivity index (χ0) is 47.1. The van der Waals surface area contributed by atoms with Gasteiger partial charge < -0.3 is 24.4 Å². The largest absolute Gasteiger partial charge is 0.508 e. The summed E-state index contributed by atoms with van der Waals surface area (Å²) in [6, 6.07) is 42.2. The first-order chi connectivity index (χ1) is 31.1. The first-order valence-corrected chi connectivity index (χ1v) is 20.3. The van der Waals surface area contributed by atoms with Gasteiger partial charge in [0.05, 0.1) is 0 Å². The number of phenols is 2. The summed E-state index contributed by atoms with van der Waals surface area (Å²) < 4.78 is 67.1. The summed E-state index contributed by atoms with van der Waals surface area (Å²) in [6.07, 6.45) is 8.85. The lowest BCUT2D eigenvalue weighted by Crippen LogP contribution is -2.00. The van der Waals surface area contributed by atoms with Crippen molar-refractivity contribution in [3.8, 4) is 28.7 Å². The van der Waals surface area contributed by atoms with Crippen LogP contribution in [0.4, 0.5) is 17.6 Å². The Morgan fingerprint density at radius 1 is 0.515 bits per heavy atom. The average molecular weight is 964 g/mol. The lowest BCUT2D eigenvalue weighted by molar-refractivity contribution is -0.132. The summed E-state index contributed by atoms with van der Waals surface area (Å²) in [5.41, 5.74) is 5.09. The van der Waals surface area contributed by atoms with E-state index in [1.807, 2.05) is 60.7 Å². The Labute approximate surface area is 390 Å². The number of ether oxygens (including phenoxy) is 3. The van der Waals surface area contributed by atoms with Gasteiger partial charge in [-0.3, -0.25) is 9.59 Å². The highest BCUT2D eigenvalue weighted by Gasteiger charge is 2.03. The van der Waals surface area contributed by atoms with Crippen LogP contribution in [0, 0.1) is 23.3 Å². The maximum absolute atomic E-state index is 13.9. The van der Waals surface area contributed by atoms with Crippen LogP contribution >= 0.6 is 15.9 Å². The predicted octanol–water partition coefficient (Wildman–Crippen LogP) is 14.5. The molecule has 0 aliphatic carbocycles. The molecule has 0 fully saturated rings. The number of aromatic hydroxyl groups is 2. The lowest BCUT2D eigenvalue weighted by Gasteiger charge is -2.07. The molecule has 7 nitrogen and oxygen atoms in total. The summed E-state index contributed by atoms with van der Waals surface area (Å²) in [5.74, 6) is -1.01. The molecule has 0 saturated carbocycles. The minimum absolute atomic E-state index is 0. The fourth-order valence-electron chi connectivity index (χ4n) is 5.34. The van der Waals surface area contributed by atoms with Crippen molar-refractivity contribution in [1.82, 2.24) is 0 Å². The molecule has 0 aliphatic heterocycles. The third-order valence-corrected chi connectivity index (χ3v) is 8.68. The predicted molar refractivity (Wildman–Crippen MR) is 258 cm³/mol. The Bertz CT molecular complexity index is 2620. The van der Waals surface area contributed by atoms with E-state index in [4.69, 9.17) is 19.3 Å². The Kier molecular flexibility index (Phi) is 21.9. The molecule has 7 rings (SSSR count). The molecule has 340 valence electrons. The highest BCUT2D eigenvalue weighted by molar-refractivity contribution is 9.10. The lowest BCUT2D eigenvalue weighted by atomic mass is 10.1. The van der Waals surface area contributed by atoms with Gasteiger partial charge in [-0.1, -0.05) is 127 Å².